The predicted molar refractivity (Wildman–Crippen MR) is 50.0 cm³/mol. The molecule has 0 saturated heterocycles. The molecule has 0 heterocycles. The van der Waals surface area contributed by atoms with Crippen LogP contribution in [0.3, 0.4) is 0 Å². The third-order valence-corrected chi connectivity index (χ3v) is 3.17. The Morgan fingerprint density at radius 2 is 1.91 bits per heavy atom. The van der Waals surface area contributed by atoms with Crippen LogP contribution in [-0.4, -0.2) is 6.16 Å². The molecule has 1 rings (SSSR count). The van der Waals surface area contributed by atoms with Crippen LogP contribution in [-0.2, 0) is 4.57 Å². The van der Waals surface area contributed by atoms with Crippen molar-refractivity contribution in [3.05, 3.63) is 24.3 Å². The number of anilines is 1. The van der Waals surface area contributed by atoms with Crippen LogP contribution in [0.25, 0.3) is 0 Å². The first-order valence-corrected chi connectivity index (χ1v) is 5.24. The molecule has 0 amide bonds. The molecule has 1 aromatic carbocycles. The van der Waals surface area contributed by atoms with E-state index in [0.29, 0.717) is 0 Å². The number of benzene rings is 1. The van der Waals surface area contributed by atoms with Crippen LogP contribution in [0.4, 0.5) is 5.69 Å². The highest BCUT2D eigenvalue weighted by Crippen LogP contribution is 2.18. The van der Waals surface area contributed by atoms with Gasteiger partial charge in [0.15, 0.2) is 0 Å². The number of nitrogen functional groups attached to an aromatic ring is 1. The maximum absolute atomic E-state index is 11.3. The van der Waals surface area contributed by atoms with Gasteiger partial charge < -0.3 is 10.3 Å². The van der Waals surface area contributed by atoms with Gasteiger partial charge in [0.25, 0.3) is 0 Å². The van der Waals surface area contributed by atoms with Crippen LogP contribution < -0.4 is 11.0 Å². The van der Waals surface area contributed by atoms with Gasteiger partial charge in [-0.1, -0.05) is 6.92 Å². The van der Waals surface area contributed by atoms with Crippen molar-refractivity contribution in [1.82, 2.24) is 0 Å². The molecule has 2 nitrogen and oxygen atoms in total. The maximum atomic E-state index is 11.3. The lowest BCUT2D eigenvalue weighted by Gasteiger charge is -1.98. The SMILES string of the molecule is CC[PH](=O)c1ccc(N)cc1. The van der Waals surface area contributed by atoms with Crippen LogP contribution in [0.5, 0.6) is 0 Å². The Balaban J connectivity index is 2.90. The molecular weight excluding hydrogens is 157 g/mol. The van der Waals surface area contributed by atoms with Gasteiger partial charge in [0.2, 0.25) is 0 Å². The molecule has 0 aliphatic rings. The summed E-state index contributed by atoms with van der Waals surface area (Å²) in [6.07, 6.45) is 0.731. The van der Waals surface area contributed by atoms with Gasteiger partial charge in [0, 0.05) is 11.0 Å². The van der Waals surface area contributed by atoms with Crippen LogP contribution in [0, 0.1) is 0 Å². The van der Waals surface area contributed by atoms with Crippen LogP contribution in [0.2, 0.25) is 0 Å². The molecule has 0 fully saturated rings. The van der Waals surface area contributed by atoms with Crippen LogP contribution in [0.1, 0.15) is 6.92 Å². The zero-order valence-corrected chi connectivity index (χ0v) is 7.50. The van der Waals surface area contributed by atoms with E-state index in [4.69, 9.17) is 5.73 Å². The summed E-state index contributed by atoms with van der Waals surface area (Å²) in [6.45, 7) is 1.93. The number of hydrogen-bond acceptors (Lipinski definition) is 2. The maximum Gasteiger partial charge on any atom is 0.103 e. The Morgan fingerprint density at radius 1 is 1.36 bits per heavy atom. The van der Waals surface area contributed by atoms with Gasteiger partial charge in [0.1, 0.15) is 7.80 Å². The summed E-state index contributed by atoms with van der Waals surface area (Å²) < 4.78 is 11.3. The third-order valence-electron chi connectivity index (χ3n) is 1.55. The van der Waals surface area contributed by atoms with Gasteiger partial charge in [-0.2, -0.15) is 0 Å². The molecule has 0 aromatic heterocycles. The zero-order chi connectivity index (χ0) is 8.27. The van der Waals surface area contributed by atoms with Crippen molar-refractivity contribution in [3.63, 3.8) is 0 Å². The Kier molecular flexibility index (Phi) is 2.72. The molecule has 1 aromatic rings. The molecule has 0 radical (unpaired) electrons. The monoisotopic (exact) mass is 169 g/mol. The van der Waals surface area contributed by atoms with E-state index in [2.05, 4.69) is 0 Å². The van der Waals surface area contributed by atoms with Crippen molar-refractivity contribution in [3.8, 4) is 0 Å². The second kappa shape index (κ2) is 3.59. The smallest absolute Gasteiger partial charge is 0.103 e. The van der Waals surface area contributed by atoms with Gasteiger partial charge in [-0.15, -0.1) is 0 Å². The fourth-order valence-corrected chi connectivity index (χ4v) is 1.82. The second-order valence-electron chi connectivity index (χ2n) is 2.40. The number of rotatable bonds is 2. The number of nitrogens with two attached hydrogens (primary N) is 1. The average Bonchev–Trinajstić information content (AvgIpc) is 2.05. The lowest BCUT2D eigenvalue weighted by molar-refractivity contribution is 0.594. The molecule has 0 aliphatic carbocycles. The molecule has 2 N–H and O–H groups in total. The van der Waals surface area contributed by atoms with E-state index in [0.717, 1.165) is 17.2 Å². The fraction of sp³-hybridized carbons (Fsp3) is 0.250. The quantitative estimate of drug-likeness (QED) is 0.538. The molecule has 60 valence electrons. The topological polar surface area (TPSA) is 43.1 Å². The molecule has 0 spiro atoms. The minimum atomic E-state index is -1.53. The lowest BCUT2D eigenvalue weighted by atomic mass is 10.3. The molecule has 0 saturated carbocycles. The fourth-order valence-electron chi connectivity index (χ4n) is 0.873. The third kappa shape index (κ3) is 2.09. The van der Waals surface area contributed by atoms with Gasteiger partial charge in [-0.05, 0) is 30.4 Å². The van der Waals surface area contributed by atoms with Crippen molar-refractivity contribution < 1.29 is 4.57 Å². The van der Waals surface area contributed by atoms with Gasteiger partial charge in [0.05, 0.1) is 0 Å². The lowest BCUT2D eigenvalue weighted by Crippen LogP contribution is -1.97. The minimum absolute atomic E-state index is 0.722. The summed E-state index contributed by atoms with van der Waals surface area (Å²) in [6, 6.07) is 7.24. The molecule has 11 heavy (non-hydrogen) atoms. The molecule has 3 heteroatoms. The van der Waals surface area contributed by atoms with Crippen molar-refractivity contribution in [2.45, 2.75) is 6.92 Å². The Labute approximate surface area is 67.2 Å². The van der Waals surface area contributed by atoms with Crippen molar-refractivity contribution in [1.29, 1.82) is 0 Å². The first-order chi connectivity index (χ1) is 5.24. The first kappa shape index (κ1) is 8.35. The summed E-state index contributed by atoms with van der Waals surface area (Å²) in [5, 5.41) is 0.923. The highest BCUT2D eigenvalue weighted by molar-refractivity contribution is 7.53. The van der Waals surface area contributed by atoms with Gasteiger partial charge >= 0.3 is 0 Å². The van der Waals surface area contributed by atoms with E-state index < -0.39 is 7.80 Å². The number of hydrogen-bond donors (Lipinski definition) is 1. The average molecular weight is 169 g/mol. The Morgan fingerprint density at radius 3 is 2.36 bits per heavy atom. The van der Waals surface area contributed by atoms with E-state index in [-0.39, 0.29) is 0 Å². The molecule has 1 atom stereocenters. The normalized spacial score (nSPS) is 12.8. The zero-order valence-electron chi connectivity index (χ0n) is 6.50. The summed E-state index contributed by atoms with van der Waals surface area (Å²) in [5.74, 6) is 0. The van der Waals surface area contributed by atoms with Gasteiger partial charge in [-0.3, -0.25) is 0 Å². The van der Waals surface area contributed by atoms with E-state index in [9.17, 15) is 4.57 Å². The summed E-state index contributed by atoms with van der Waals surface area (Å²) in [5.41, 5.74) is 6.20. The largest absolute Gasteiger partial charge is 0.399 e. The molecule has 0 aliphatic heterocycles. The van der Waals surface area contributed by atoms with Crippen molar-refractivity contribution >= 4 is 18.8 Å². The van der Waals surface area contributed by atoms with Crippen molar-refractivity contribution in [2.75, 3.05) is 11.9 Å². The van der Waals surface area contributed by atoms with E-state index >= 15 is 0 Å². The molecular formula is C8H12NOP. The van der Waals surface area contributed by atoms with Crippen LogP contribution in [0.15, 0.2) is 24.3 Å². The van der Waals surface area contributed by atoms with Crippen molar-refractivity contribution in [2.24, 2.45) is 0 Å². The Hall–Kier alpha value is -0.750. The molecule has 0 bridgehead atoms. The molecule has 1 unspecified atom stereocenters. The van der Waals surface area contributed by atoms with E-state index in [1.807, 2.05) is 19.1 Å². The second-order valence-corrected chi connectivity index (χ2v) is 4.53. The predicted octanol–water partition coefficient (Wildman–Crippen LogP) is 1.47. The van der Waals surface area contributed by atoms with Gasteiger partial charge in [-0.25, -0.2) is 0 Å². The van der Waals surface area contributed by atoms with Crippen LogP contribution >= 0.6 is 7.80 Å². The van der Waals surface area contributed by atoms with E-state index in [1.54, 1.807) is 12.1 Å². The van der Waals surface area contributed by atoms with E-state index in [1.165, 1.54) is 0 Å². The highest BCUT2D eigenvalue weighted by Gasteiger charge is 1.98. The minimum Gasteiger partial charge on any atom is -0.399 e. The standard InChI is InChI=1S/C8H12NOP/c1-2-11(10)8-5-3-7(9)4-6-8/h3-6,11H,2,9H2,1H3. The summed E-state index contributed by atoms with van der Waals surface area (Å²) in [4.78, 5) is 0. The first-order valence-electron chi connectivity index (χ1n) is 3.62. The summed E-state index contributed by atoms with van der Waals surface area (Å²) >= 11 is 0. The summed E-state index contributed by atoms with van der Waals surface area (Å²) in [7, 11) is -1.53. The highest BCUT2D eigenvalue weighted by atomic mass is 31.1. The Bertz CT molecular complexity index is 255.